The molecule has 1 aromatic carbocycles. The maximum absolute atomic E-state index is 12.8. The molecule has 0 spiro atoms. The van der Waals surface area contributed by atoms with Gasteiger partial charge in [0.25, 0.3) is 5.91 Å². The Kier molecular flexibility index (Phi) is 5.03. The highest BCUT2D eigenvalue weighted by Crippen LogP contribution is 2.21. The molecular weight excluding hydrogens is 342 g/mol. The van der Waals surface area contributed by atoms with Crippen LogP contribution in [0.3, 0.4) is 0 Å². The number of aromatic nitrogens is 3. The molecular formula is C17H20ClN5O2. The summed E-state index contributed by atoms with van der Waals surface area (Å²) >= 11 is 6.05. The second-order valence-corrected chi connectivity index (χ2v) is 6.54. The van der Waals surface area contributed by atoms with E-state index in [1.54, 1.807) is 21.7 Å². The van der Waals surface area contributed by atoms with Crippen molar-refractivity contribution >= 4 is 23.4 Å². The fourth-order valence-corrected chi connectivity index (χ4v) is 3.30. The Bertz CT molecular complexity index is 796. The number of piperidine rings is 1. The summed E-state index contributed by atoms with van der Waals surface area (Å²) < 4.78 is 1.65. The fourth-order valence-electron chi connectivity index (χ4n) is 3.12. The molecule has 8 heteroatoms. The van der Waals surface area contributed by atoms with E-state index >= 15 is 0 Å². The van der Waals surface area contributed by atoms with Crippen LogP contribution in [0, 0.1) is 5.92 Å². The lowest BCUT2D eigenvalue weighted by atomic mass is 9.96. The summed E-state index contributed by atoms with van der Waals surface area (Å²) in [6.45, 7) is 2.95. The summed E-state index contributed by atoms with van der Waals surface area (Å²) in [5.41, 5.74) is 7.20. The lowest BCUT2D eigenvalue weighted by Crippen LogP contribution is -2.42. The number of carbonyl (C=O) groups excluding carboxylic acids is 2. The summed E-state index contributed by atoms with van der Waals surface area (Å²) in [5, 5.41) is 8.85. The van der Waals surface area contributed by atoms with Gasteiger partial charge in [0.2, 0.25) is 5.91 Å². The monoisotopic (exact) mass is 361 g/mol. The van der Waals surface area contributed by atoms with Crippen LogP contribution < -0.4 is 5.73 Å². The molecule has 1 fully saturated rings. The third-order valence-corrected chi connectivity index (χ3v) is 4.77. The lowest BCUT2D eigenvalue weighted by molar-refractivity contribution is -0.123. The topological polar surface area (TPSA) is 94.1 Å². The van der Waals surface area contributed by atoms with Crippen molar-refractivity contribution in [3.05, 3.63) is 40.7 Å². The summed E-state index contributed by atoms with van der Waals surface area (Å²) in [6.07, 6.45) is 1.79. The SMILES string of the molecule is CCc1c(C(=O)N2CCC(C(N)=O)CC2)nnn1-c1cccc(Cl)c1. The van der Waals surface area contributed by atoms with Gasteiger partial charge in [-0.3, -0.25) is 9.59 Å². The van der Waals surface area contributed by atoms with E-state index in [4.69, 9.17) is 17.3 Å². The third-order valence-electron chi connectivity index (χ3n) is 4.54. The van der Waals surface area contributed by atoms with Gasteiger partial charge in [0.15, 0.2) is 5.69 Å². The summed E-state index contributed by atoms with van der Waals surface area (Å²) in [6, 6.07) is 7.26. The number of likely N-dealkylation sites (tertiary alicyclic amines) is 1. The number of nitrogens with two attached hydrogens (primary N) is 1. The van der Waals surface area contributed by atoms with Crippen molar-refractivity contribution in [3.8, 4) is 5.69 Å². The first-order valence-electron chi connectivity index (χ1n) is 8.30. The van der Waals surface area contributed by atoms with Gasteiger partial charge >= 0.3 is 0 Å². The van der Waals surface area contributed by atoms with Gasteiger partial charge in [0.1, 0.15) is 0 Å². The second-order valence-electron chi connectivity index (χ2n) is 6.10. The Labute approximate surface area is 150 Å². The maximum Gasteiger partial charge on any atom is 0.276 e. The zero-order valence-corrected chi connectivity index (χ0v) is 14.7. The minimum absolute atomic E-state index is 0.156. The molecule has 2 N–H and O–H groups in total. The molecule has 132 valence electrons. The molecule has 0 bridgehead atoms. The van der Waals surface area contributed by atoms with Gasteiger partial charge in [-0.05, 0) is 37.5 Å². The van der Waals surface area contributed by atoms with Crippen LogP contribution in [0.15, 0.2) is 24.3 Å². The van der Waals surface area contributed by atoms with E-state index < -0.39 is 0 Å². The van der Waals surface area contributed by atoms with Crippen LogP contribution in [-0.4, -0.2) is 44.8 Å². The average Bonchev–Trinajstić information content (AvgIpc) is 3.05. The highest BCUT2D eigenvalue weighted by Gasteiger charge is 2.29. The molecule has 0 unspecified atom stereocenters. The second kappa shape index (κ2) is 7.23. The van der Waals surface area contributed by atoms with E-state index in [2.05, 4.69) is 10.3 Å². The standard InChI is InChI=1S/C17H20ClN5O2/c1-2-14-15(17(25)22-8-6-11(7-9-22)16(19)24)20-21-23(14)13-5-3-4-12(18)10-13/h3-5,10-11H,2,6-9H2,1H3,(H2,19,24). The molecule has 3 rings (SSSR count). The molecule has 0 atom stereocenters. The van der Waals surface area contributed by atoms with Crippen LogP contribution in [0.1, 0.15) is 35.9 Å². The highest BCUT2D eigenvalue weighted by molar-refractivity contribution is 6.30. The Morgan fingerprint density at radius 1 is 1.32 bits per heavy atom. The molecule has 1 aliphatic heterocycles. The van der Waals surface area contributed by atoms with E-state index in [-0.39, 0.29) is 17.7 Å². The number of primary amides is 1. The predicted octanol–water partition coefficient (Wildman–Crippen LogP) is 1.82. The Morgan fingerprint density at radius 2 is 2.04 bits per heavy atom. The normalized spacial score (nSPS) is 15.4. The van der Waals surface area contributed by atoms with Crippen LogP contribution in [0.25, 0.3) is 5.69 Å². The van der Waals surface area contributed by atoms with Gasteiger partial charge in [-0.1, -0.05) is 29.8 Å². The van der Waals surface area contributed by atoms with Crippen molar-refractivity contribution in [2.45, 2.75) is 26.2 Å². The van der Waals surface area contributed by atoms with Gasteiger partial charge in [-0.25, -0.2) is 4.68 Å². The van der Waals surface area contributed by atoms with Crippen LogP contribution in [0.2, 0.25) is 5.02 Å². The Hall–Kier alpha value is -2.41. The molecule has 2 aromatic rings. The number of carbonyl (C=O) groups is 2. The molecule has 7 nitrogen and oxygen atoms in total. The van der Waals surface area contributed by atoms with E-state index in [1.165, 1.54) is 0 Å². The number of nitrogens with zero attached hydrogens (tertiary/aromatic N) is 4. The number of hydrogen-bond acceptors (Lipinski definition) is 4. The molecule has 0 aliphatic carbocycles. The van der Waals surface area contributed by atoms with Crippen molar-refractivity contribution in [2.24, 2.45) is 11.7 Å². The van der Waals surface area contributed by atoms with Gasteiger partial charge in [0.05, 0.1) is 11.4 Å². The van der Waals surface area contributed by atoms with Crippen molar-refractivity contribution in [3.63, 3.8) is 0 Å². The molecule has 1 aliphatic rings. The molecule has 25 heavy (non-hydrogen) atoms. The number of hydrogen-bond donors (Lipinski definition) is 1. The smallest absolute Gasteiger partial charge is 0.276 e. The van der Waals surface area contributed by atoms with Gasteiger partial charge in [-0.2, -0.15) is 0 Å². The summed E-state index contributed by atoms with van der Waals surface area (Å²) in [5.74, 6) is -0.613. The minimum atomic E-state index is -0.298. The first-order valence-corrected chi connectivity index (χ1v) is 8.68. The highest BCUT2D eigenvalue weighted by atomic mass is 35.5. The zero-order chi connectivity index (χ0) is 18.0. The lowest BCUT2D eigenvalue weighted by Gasteiger charge is -2.30. The number of amides is 2. The number of rotatable bonds is 4. The van der Waals surface area contributed by atoms with Crippen LogP contribution in [-0.2, 0) is 11.2 Å². The van der Waals surface area contributed by atoms with Gasteiger partial charge in [-0.15, -0.1) is 5.10 Å². The maximum atomic E-state index is 12.8. The first-order chi connectivity index (χ1) is 12.0. The van der Waals surface area contributed by atoms with Crippen LogP contribution in [0.5, 0.6) is 0 Å². The zero-order valence-electron chi connectivity index (χ0n) is 14.0. The molecule has 0 radical (unpaired) electrons. The first kappa shape index (κ1) is 17.4. The van der Waals surface area contributed by atoms with Crippen molar-refractivity contribution in [1.29, 1.82) is 0 Å². The average molecular weight is 362 g/mol. The fraction of sp³-hybridized carbons (Fsp3) is 0.412. The van der Waals surface area contributed by atoms with E-state index in [1.807, 2.05) is 19.1 Å². The number of halogens is 1. The van der Waals surface area contributed by atoms with E-state index in [0.717, 1.165) is 11.4 Å². The third kappa shape index (κ3) is 3.51. The minimum Gasteiger partial charge on any atom is -0.369 e. The molecule has 2 amide bonds. The van der Waals surface area contributed by atoms with Gasteiger partial charge in [0, 0.05) is 24.0 Å². The largest absolute Gasteiger partial charge is 0.369 e. The van der Waals surface area contributed by atoms with Crippen LogP contribution in [0.4, 0.5) is 0 Å². The Morgan fingerprint density at radius 3 is 2.64 bits per heavy atom. The summed E-state index contributed by atoms with van der Waals surface area (Å²) in [7, 11) is 0. The predicted molar refractivity (Wildman–Crippen MR) is 93.6 cm³/mol. The molecule has 0 saturated carbocycles. The quantitative estimate of drug-likeness (QED) is 0.898. The van der Waals surface area contributed by atoms with Crippen molar-refractivity contribution in [1.82, 2.24) is 19.9 Å². The van der Waals surface area contributed by atoms with E-state index in [0.29, 0.717) is 43.1 Å². The number of benzene rings is 1. The molecule has 2 heterocycles. The van der Waals surface area contributed by atoms with Gasteiger partial charge < -0.3 is 10.6 Å². The molecule has 1 aromatic heterocycles. The van der Waals surface area contributed by atoms with Crippen molar-refractivity contribution in [2.75, 3.05) is 13.1 Å². The molecule has 1 saturated heterocycles. The van der Waals surface area contributed by atoms with Crippen LogP contribution >= 0.6 is 11.6 Å². The van der Waals surface area contributed by atoms with Crippen molar-refractivity contribution < 1.29 is 9.59 Å². The Balaban J connectivity index is 1.83. The summed E-state index contributed by atoms with van der Waals surface area (Å²) in [4.78, 5) is 25.8. The van der Waals surface area contributed by atoms with E-state index in [9.17, 15) is 9.59 Å².